The summed E-state index contributed by atoms with van der Waals surface area (Å²) in [6.45, 7) is 4.59. The molecule has 1 N–H and O–H groups in total. The molecule has 5 heteroatoms. The zero-order valence-corrected chi connectivity index (χ0v) is 16.2. The van der Waals surface area contributed by atoms with Gasteiger partial charge in [0.2, 0.25) is 0 Å². The Labute approximate surface area is 164 Å². The van der Waals surface area contributed by atoms with Gasteiger partial charge in [-0.05, 0) is 43.7 Å². The van der Waals surface area contributed by atoms with Gasteiger partial charge in [-0.3, -0.25) is 4.98 Å². The molecule has 0 bridgehead atoms. The van der Waals surface area contributed by atoms with Crippen LogP contribution in [0.25, 0.3) is 10.9 Å². The maximum absolute atomic E-state index is 9.08. The lowest BCUT2D eigenvalue weighted by atomic mass is 9.90. The molecule has 0 fully saturated rings. The molecule has 0 amide bonds. The van der Waals surface area contributed by atoms with Crippen LogP contribution in [0.5, 0.6) is 5.75 Å². The first kappa shape index (κ1) is 18.4. The lowest BCUT2D eigenvalue weighted by Crippen LogP contribution is -2.21. The van der Waals surface area contributed by atoms with Crippen molar-refractivity contribution in [3.05, 3.63) is 71.4 Å². The van der Waals surface area contributed by atoms with Gasteiger partial charge in [0, 0.05) is 36.1 Å². The summed E-state index contributed by atoms with van der Waals surface area (Å²) in [6, 6.07) is 18.2. The number of ether oxygens (including phenoxy) is 1. The molecule has 1 unspecified atom stereocenters. The molecule has 0 radical (unpaired) electrons. The van der Waals surface area contributed by atoms with Gasteiger partial charge in [-0.15, -0.1) is 0 Å². The van der Waals surface area contributed by atoms with Gasteiger partial charge in [0.1, 0.15) is 12.4 Å². The zero-order chi connectivity index (χ0) is 19.6. The van der Waals surface area contributed by atoms with E-state index >= 15 is 0 Å². The van der Waals surface area contributed by atoms with Crippen LogP contribution in [0.1, 0.15) is 36.6 Å². The van der Waals surface area contributed by atoms with Gasteiger partial charge < -0.3 is 14.7 Å². The number of oxime groups is 1. The number of hydrogen-bond donors (Lipinski definition) is 1. The molecule has 0 spiro atoms. The minimum Gasteiger partial charge on any atom is -0.489 e. The van der Waals surface area contributed by atoms with Crippen LogP contribution in [0, 0.1) is 6.92 Å². The summed E-state index contributed by atoms with van der Waals surface area (Å²) in [5.74, 6) is 0.806. The molecule has 2 aromatic carbocycles. The predicted molar refractivity (Wildman–Crippen MR) is 109 cm³/mol. The molecule has 1 aliphatic rings. The van der Waals surface area contributed by atoms with Gasteiger partial charge in [-0.25, -0.2) is 0 Å². The number of rotatable bonds is 6. The molecule has 144 valence electrons. The third-order valence-electron chi connectivity index (χ3n) is 5.11. The van der Waals surface area contributed by atoms with E-state index in [4.69, 9.17) is 14.7 Å². The second kappa shape index (κ2) is 7.60. The van der Waals surface area contributed by atoms with Crippen LogP contribution in [0.3, 0.4) is 0 Å². The number of para-hydroxylation sites is 1. The van der Waals surface area contributed by atoms with E-state index in [0.29, 0.717) is 19.4 Å². The fraction of sp³-hybridized carbons (Fsp3) is 0.304. The molecule has 1 aromatic heterocycles. The van der Waals surface area contributed by atoms with E-state index < -0.39 is 5.60 Å². The second-order valence-corrected chi connectivity index (χ2v) is 7.38. The van der Waals surface area contributed by atoms with Gasteiger partial charge >= 0.3 is 0 Å². The van der Waals surface area contributed by atoms with Crippen LogP contribution in [0.4, 0.5) is 0 Å². The Morgan fingerprint density at radius 1 is 1.14 bits per heavy atom. The van der Waals surface area contributed by atoms with Crippen molar-refractivity contribution in [2.24, 2.45) is 5.16 Å². The number of hydrogen-bond acceptors (Lipinski definition) is 5. The van der Waals surface area contributed by atoms with Gasteiger partial charge in [-0.1, -0.05) is 35.5 Å². The van der Waals surface area contributed by atoms with Crippen molar-refractivity contribution in [1.82, 2.24) is 4.98 Å². The van der Waals surface area contributed by atoms with Crippen LogP contribution in [-0.4, -0.2) is 22.4 Å². The maximum Gasteiger partial charge on any atom is 0.165 e. The highest BCUT2D eigenvalue weighted by atomic mass is 16.7. The Morgan fingerprint density at radius 3 is 2.71 bits per heavy atom. The average Bonchev–Trinajstić information content (AvgIpc) is 3.08. The Hall–Kier alpha value is -2.92. The summed E-state index contributed by atoms with van der Waals surface area (Å²) in [4.78, 5) is 10.2. The number of fused-ring (bicyclic) bond motifs is 1. The Bertz CT molecular complexity index is 1010. The molecule has 3 aromatic rings. The topological polar surface area (TPSA) is 63.9 Å². The number of aliphatic hydroxyl groups is 1. The summed E-state index contributed by atoms with van der Waals surface area (Å²) < 4.78 is 6.04. The van der Waals surface area contributed by atoms with Crippen molar-refractivity contribution in [3.63, 3.8) is 0 Å². The lowest BCUT2D eigenvalue weighted by Gasteiger charge is -2.22. The monoisotopic (exact) mass is 376 g/mol. The normalized spacial score (nSPS) is 18.8. The number of benzene rings is 2. The fourth-order valence-corrected chi connectivity index (χ4v) is 3.62. The van der Waals surface area contributed by atoms with Crippen LogP contribution in [0.2, 0.25) is 0 Å². The molecule has 0 aliphatic carbocycles. The number of nitrogens with zero attached hydrogens (tertiary/aromatic N) is 2. The summed E-state index contributed by atoms with van der Waals surface area (Å²) >= 11 is 0. The minimum absolute atomic E-state index is 0.0915. The van der Waals surface area contributed by atoms with E-state index in [1.165, 1.54) is 0 Å². The van der Waals surface area contributed by atoms with Crippen LogP contribution in [0.15, 0.2) is 59.8 Å². The van der Waals surface area contributed by atoms with Crippen molar-refractivity contribution in [1.29, 1.82) is 0 Å². The number of aliphatic hydroxyl groups excluding tert-OH is 1. The highest BCUT2D eigenvalue weighted by Gasteiger charge is 2.35. The first-order valence-electron chi connectivity index (χ1n) is 9.51. The molecular formula is C23H24N2O3. The molecule has 2 heterocycles. The highest BCUT2D eigenvalue weighted by molar-refractivity contribution is 5.86. The van der Waals surface area contributed by atoms with Crippen LogP contribution >= 0.6 is 0 Å². The van der Waals surface area contributed by atoms with Crippen molar-refractivity contribution in [3.8, 4) is 5.75 Å². The standard InChI is InChI=1S/C23H24N2O3/c1-16-13-17(21-5-3-4-6-22(21)24-16)15-27-20-9-7-18(8-10-20)23(2)14-19(11-12-26)25-28-23/h3-10,13,26H,11-12,14-15H2,1-2H3. The molecular weight excluding hydrogens is 352 g/mol. The third-order valence-corrected chi connectivity index (χ3v) is 5.11. The summed E-state index contributed by atoms with van der Waals surface area (Å²) in [5.41, 5.74) is 4.55. The van der Waals surface area contributed by atoms with E-state index in [-0.39, 0.29) is 6.61 Å². The highest BCUT2D eigenvalue weighted by Crippen LogP contribution is 2.35. The third kappa shape index (κ3) is 3.71. The van der Waals surface area contributed by atoms with E-state index in [1.54, 1.807) is 0 Å². The Balaban J connectivity index is 1.46. The molecule has 4 rings (SSSR count). The summed E-state index contributed by atoms with van der Waals surface area (Å²) in [5, 5.41) is 14.3. The van der Waals surface area contributed by atoms with E-state index in [2.05, 4.69) is 22.3 Å². The largest absolute Gasteiger partial charge is 0.489 e. The summed E-state index contributed by atoms with van der Waals surface area (Å²) in [6.07, 6.45) is 1.24. The van der Waals surface area contributed by atoms with E-state index in [9.17, 15) is 0 Å². The molecule has 5 nitrogen and oxygen atoms in total. The summed E-state index contributed by atoms with van der Waals surface area (Å²) in [7, 11) is 0. The predicted octanol–water partition coefficient (Wildman–Crippen LogP) is 4.50. The first-order chi connectivity index (χ1) is 13.6. The van der Waals surface area contributed by atoms with Crippen molar-refractivity contribution in [2.45, 2.75) is 38.9 Å². The quantitative estimate of drug-likeness (QED) is 0.688. The van der Waals surface area contributed by atoms with Crippen molar-refractivity contribution < 1.29 is 14.7 Å². The molecule has 28 heavy (non-hydrogen) atoms. The van der Waals surface area contributed by atoms with Crippen molar-refractivity contribution in [2.75, 3.05) is 6.61 Å². The number of aryl methyl sites for hydroxylation is 1. The van der Waals surface area contributed by atoms with Gasteiger partial charge in [-0.2, -0.15) is 0 Å². The smallest absolute Gasteiger partial charge is 0.165 e. The van der Waals surface area contributed by atoms with Gasteiger partial charge in [0.15, 0.2) is 5.60 Å². The first-order valence-corrected chi connectivity index (χ1v) is 9.51. The Morgan fingerprint density at radius 2 is 1.93 bits per heavy atom. The number of pyridine rings is 1. The minimum atomic E-state index is -0.485. The molecule has 0 saturated carbocycles. The molecule has 1 aliphatic heterocycles. The van der Waals surface area contributed by atoms with Crippen LogP contribution < -0.4 is 4.74 Å². The number of aromatic nitrogens is 1. The van der Waals surface area contributed by atoms with Gasteiger partial charge in [0.25, 0.3) is 0 Å². The SMILES string of the molecule is Cc1cc(COc2ccc(C3(C)CC(CCO)=NO3)cc2)c2ccccc2n1. The lowest BCUT2D eigenvalue weighted by molar-refractivity contribution is -0.00742. The molecule has 1 atom stereocenters. The molecule has 0 saturated heterocycles. The zero-order valence-electron chi connectivity index (χ0n) is 16.2. The van der Waals surface area contributed by atoms with E-state index in [1.807, 2.05) is 56.3 Å². The van der Waals surface area contributed by atoms with E-state index in [0.717, 1.165) is 39.2 Å². The average molecular weight is 376 g/mol. The maximum atomic E-state index is 9.08. The fourth-order valence-electron chi connectivity index (χ4n) is 3.62. The van der Waals surface area contributed by atoms with Crippen LogP contribution in [-0.2, 0) is 17.0 Å². The Kier molecular flexibility index (Phi) is 5.01. The van der Waals surface area contributed by atoms with Gasteiger partial charge in [0.05, 0.1) is 11.2 Å². The van der Waals surface area contributed by atoms with Crippen molar-refractivity contribution >= 4 is 16.6 Å². The second-order valence-electron chi connectivity index (χ2n) is 7.38.